The Hall–Kier alpha value is -1.58. The largest absolute Gasteiger partial charge is 0.480 e. The number of hydrogen-bond acceptors (Lipinski definition) is 2. The van der Waals surface area contributed by atoms with Gasteiger partial charge in [-0.3, -0.25) is 4.79 Å². The first kappa shape index (κ1) is 8.52. The van der Waals surface area contributed by atoms with E-state index in [4.69, 9.17) is 5.11 Å². The topological polar surface area (TPSA) is 59.3 Å². The molecule has 1 aromatic heterocycles. The standard InChI is InChI=1S/C8H9NO3/c1-6(8(11)12)9-5-3-2-4-7(9)10/h2-6H,1H3,(H,11,12)/t6-/m0/s1. The summed E-state index contributed by atoms with van der Waals surface area (Å²) in [7, 11) is 0. The van der Waals surface area contributed by atoms with Crippen LogP contribution in [0.5, 0.6) is 0 Å². The zero-order valence-corrected chi connectivity index (χ0v) is 6.60. The van der Waals surface area contributed by atoms with Crippen LogP contribution in [0.15, 0.2) is 29.2 Å². The maximum Gasteiger partial charge on any atom is 0.326 e. The van der Waals surface area contributed by atoms with Crippen LogP contribution >= 0.6 is 0 Å². The fraction of sp³-hybridized carbons (Fsp3) is 0.250. The van der Waals surface area contributed by atoms with Gasteiger partial charge in [-0.2, -0.15) is 0 Å². The molecule has 0 aliphatic carbocycles. The van der Waals surface area contributed by atoms with Gasteiger partial charge in [-0.25, -0.2) is 4.79 Å². The summed E-state index contributed by atoms with van der Waals surface area (Å²) in [4.78, 5) is 21.6. The molecule has 0 aromatic carbocycles. The highest BCUT2D eigenvalue weighted by Crippen LogP contribution is 1.99. The summed E-state index contributed by atoms with van der Waals surface area (Å²) in [6.45, 7) is 1.46. The molecule has 1 heterocycles. The Morgan fingerprint density at radius 1 is 1.58 bits per heavy atom. The molecular formula is C8H9NO3. The van der Waals surface area contributed by atoms with Crippen LogP contribution < -0.4 is 5.56 Å². The number of nitrogens with zero attached hydrogens (tertiary/aromatic N) is 1. The Kier molecular flexibility index (Phi) is 2.28. The number of carbonyl (C=O) groups is 1. The number of aliphatic carboxylic acids is 1. The third kappa shape index (κ3) is 1.53. The van der Waals surface area contributed by atoms with E-state index in [0.717, 1.165) is 0 Å². The monoisotopic (exact) mass is 167 g/mol. The first-order valence-electron chi connectivity index (χ1n) is 3.53. The highest BCUT2D eigenvalue weighted by atomic mass is 16.4. The number of pyridine rings is 1. The lowest BCUT2D eigenvalue weighted by atomic mass is 10.3. The van der Waals surface area contributed by atoms with Crippen LogP contribution in [0.25, 0.3) is 0 Å². The summed E-state index contributed by atoms with van der Waals surface area (Å²) in [5.74, 6) is -1.01. The molecule has 4 nitrogen and oxygen atoms in total. The van der Waals surface area contributed by atoms with Crippen molar-refractivity contribution < 1.29 is 9.90 Å². The molecule has 0 amide bonds. The molecule has 0 unspecified atom stereocenters. The Morgan fingerprint density at radius 2 is 2.25 bits per heavy atom. The van der Waals surface area contributed by atoms with Gasteiger partial charge >= 0.3 is 5.97 Å². The van der Waals surface area contributed by atoms with Crippen LogP contribution in [0, 0.1) is 0 Å². The average Bonchev–Trinajstić information content (AvgIpc) is 2.04. The molecule has 0 radical (unpaired) electrons. The maximum atomic E-state index is 11.1. The second-order valence-electron chi connectivity index (χ2n) is 2.46. The minimum atomic E-state index is -1.01. The molecule has 1 atom stereocenters. The zero-order valence-electron chi connectivity index (χ0n) is 6.60. The fourth-order valence-corrected chi connectivity index (χ4v) is 0.879. The molecule has 64 valence electrons. The molecule has 0 aliphatic rings. The number of hydrogen-bond donors (Lipinski definition) is 1. The molecule has 1 aromatic rings. The van der Waals surface area contributed by atoms with Gasteiger partial charge in [0.1, 0.15) is 6.04 Å². The second kappa shape index (κ2) is 3.21. The highest BCUT2D eigenvalue weighted by molar-refractivity contribution is 5.71. The maximum absolute atomic E-state index is 11.1. The average molecular weight is 167 g/mol. The Bertz CT molecular complexity index is 342. The van der Waals surface area contributed by atoms with Crippen molar-refractivity contribution in [2.45, 2.75) is 13.0 Å². The van der Waals surface area contributed by atoms with Crippen LogP contribution in [0.2, 0.25) is 0 Å². The number of rotatable bonds is 2. The third-order valence-corrected chi connectivity index (χ3v) is 1.63. The molecule has 0 spiro atoms. The van der Waals surface area contributed by atoms with Gasteiger partial charge in [-0.05, 0) is 13.0 Å². The van der Waals surface area contributed by atoms with Gasteiger partial charge in [0.15, 0.2) is 0 Å². The van der Waals surface area contributed by atoms with Crippen LogP contribution in [0.1, 0.15) is 13.0 Å². The quantitative estimate of drug-likeness (QED) is 0.697. The first-order chi connectivity index (χ1) is 5.63. The lowest BCUT2D eigenvalue weighted by Crippen LogP contribution is -2.26. The molecule has 4 heteroatoms. The predicted octanol–water partition coefficient (Wildman–Crippen LogP) is 0.494. The third-order valence-electron chi connectivity index (χ3n) is 1.63. The summed E-state index contributed by atoms with van der Waals surface area (Å²) >= 11 is 0. The molecule has 0 bridgehead atoms. The van der Waals surface area contributed by atoms with E-state index in [1.165, 1.54) is 23.8 Å². The molecule has 1 N–H and O–H groups in total. The summed E-state index contributed by atoms with van der Waals surface area (Å²) in [6.07, 6.45) is 1.46. The van der Waals surface area contributed by atoms with Gasteiger partial charge < -0.3 is 9.67 Å². The van der Waals surface area contributed by atoms with Gasteiger partial charge in [0.05, 0.1) is 0 Å². The van der Waals surface area contributed by atoms with E-state index < -0.39 is 12.0 Å². The van der Waals surface area contributed by atoms with E-state index in [9.17, 15) is 9.59 Å². The van der Waals surface area contributed by atoms with Crippen LogP contribution in [0.4, 0.5) is 0 Å². The van der Waals surface area contributed by atoms with Crippen LogP contribution in [-0.4, -0.2) is 15.6 Å². The van der Waals surface area contributed by atoms with E-state index >= 15 is 0 Å². The van der Waals surface area contributed by atoms with Gasteiger partial charge in [0, 0.05) is 12.3 Å². The minimum absolute atomic E-state index is 0.299. The second-order valence-corrected chi connectivity index (χ2v) is 2.46. The van der Waals surface area contributed by atoms with Crippen molar-refractivity contribution in [3.63, 3.8) is 0 Å². The smallest absolute Gasteiger partial charge is 0.326 e. The molecule has 0 saturated carbocycles. The van der Waals surface area contributed by atoms with Crippen LogP contribution in [-0.2, 0) is 4.79 Å². The predicted molar refractivity (Wildman–Crippen MR) is 43.0 cm³/mol. The summed E-state index contributed by atoms with van der Waals surface area (Å²) < 4.78 is 1.17. The molecule has 0 aliphatic heterocycles. The van der Waals surface area contributed by atoms with Crippen molar-refractivity contribution >= 4 is 5.97 Å². The molecule has 12 heavy (non-hydrogen) atoms. The lowest BCUT2D eigenvalue weighted by molar-refractivity contribution is -0.140. The van der Waals surface area contributed by atoms with E-state index in [1.54, 1.807) is 12.1 Å². The van der Waals surface area contributed by atoms with Gasteiger partial charge in [-0.1, -0.05) is 6.07 Å². The summed E-state index contributed by atoms with van der Waals surface area (Å²) in [6, 6.07) is 3.73. The normalized spacial score (nSPS) is 12.4. The van der Waals surface area contributed by atoms with Crippen molar-refractivity contribution in [2.24, 2.45) is 0 Å². The van der Waals surface area contributed by atoms with E-state index in [1.807, 2.05) is 0 Å². The molecule has 0 saturated heterocycles. The minimum Gasteiger partial charge on any atom is -0.480 e. The molecule has 0 fully saturated rings. The van der Waals surface area contributed by atoms with Crippen LogP contribution in [0.3, 0.4) is 0 Å². The SMILES string of the molecule is C[C@@H](C(=O)O)n1ccccc1=O. The fourth-order valence-electron chi connectivity index (χ4n) is 0.879. The van der Waals surface area contributed by atoms with Gasteiger partial charge in [0.25, 0.3) is 5.56 Å². The molecule has 1 rings (SSSR count). The number of aromatic nitrogens is 1. The van der Waals surface area contributed by atoms with Crippen molar-refractivity contribution in [3.8, 4) is 0 Å². The number of carboxylic acids is 1. The van der Waals surface area contributed by atoms with E-state index in [0.29, 0.717) is 0 Å². The van der Waals surface area contributed by atoms with E-state index in [2.05, 4.69) is 0 Å². The first-order valence-corrected chi connectivity index (χ1v) is 3.53. The highest BCUT2D eigenvalue weighted by Gasteiger charge is 2.12. The Balaban J connectivity index is 3.11. The Morgan fingerprint density at radius 3 is 2.75 bits per heavy atom. The lowest BCUT2D eigenvalue weighted by Gasteiger charge is -2.08. The summed E-state index contributed by atoms with van der Waals surface area (Å²) in [5, 5.41) is 8.60. The molecular weight excluding hydrogens is 158 g/mol. The number of carboxylic acid groups (broad SMARTS) is 1. The van der Waals surface area contributed by atoms with Crippen molar-refractivity contribution in [1.29, 1.82) is 0 Å². The van der Waals surface area contributed by atoms with Crippen molar-refractivity contribution in [2.75, 3.05) is 0 Å². The van der Waals surface area contributed by atoms with Gasteiger partial charge in [0.2, 0.25) is 0 Å². The van der Waals surface area contributed by atoms with E-state index in [-0.39, 0.29) is 5.56 Å². The Labute approximate surface area is 69.1 Å². The summed E-state index contributed by atoms with van der Waals surface area (Å²) in [5.41, 5.74) is -0.299. The zero-order chi connectivity index (χ0) is 9.14. The van der Waals surface area contributed by atoms with Crippen molar-refractivity contribution in [1.82, 2.24) is 4.57 Å². The van der Waals surface area contributed by atoms with Gasteiger partial charge in [-0.15, -0.1) is 0 Å². The van der Waals surface area contributed by atoms with Crippen molar-refractivity contribution in [3.05, 3.63) is 34.7 Å².